The van der Waals surface area contributed by atoms with Crippen molar-refractivity contribution in [2.45, 2.75) is 13.8 Å². The molecular formula is C13H18N4O3. The van der Waals surface area contributed by atoms with Crippen LogP contribution in [0.25, 0.3) is 0 Å². The Morgan fingerprint density at radius 1 is 1.20 bits per heavy atom. The van der Waals surface area contributed by atoms with Gasteiger partial charge in [-0.1, -0.05) is 19.0 Å². The molecule has 0 saturated carbocycles. The summed E-state index contributed by atoms with van der Waals surface area (Å²) in [5.41, 5.74) is 11.5. The second-order valence-electron chi connectivity index (χ2n) is 4.68. The Labute approximate surface area is 116 Å². The van der Waals surface area contributed by atoms with Crippen molar-refractivity contribution < 1.29 is 14.8 Å². The molecule has 7 heteroatoms. The number of nitrogens with one attached hydrogen (secondary N) is 1. The van der Waals surface area contributed by atoms with Crippen LogP contribution in [0.5, 0.6) is 0 Å². The van der Waals surface area contributed by atoms with Gasteiger partial charge in [-0.25, -0.2) is 0 Å². The zero-order valence-electron chi connectivity index (χ0n) is 11.3. The summed E-state index contributed by atoms with van der Waals surface area (Å²) >= 11 is 0. The maximum atomic E-state index is 12.1. The smallest absolute Gasteiger partial charge is 0.248 e. The first kappa shape index (κ1) is 15.5. The van der Waals surface area contributed by atoms with Gasteiger partial charge < -0.3 is 22.0 Å². The Morgan fingerprint density at radius 3 is 2.15 bits per heavy atom. The van der Waals surface area contributed by atoms with Crippen molar-refractivity contribution in [3.8, 4) is 0 Å². The van der Waals surface area contributed by atoms with E-state index in [-0.39, 0.29) is 17.7 Å². The molecule has 2 amide bonds. The molecule has 20 heavy (non-hydrogen) atoms. The van der Waals surface area contributed by atoms with Crippen LogP contribution in [0.3, 0.4) is 0 Å². The van der Waals surface area contributed by atoms with Crippen molar-refractivity contribution >= 4 is 23.3 Å². The third-order valence-corrected chi connectivity index (χ3v) is 2.82. The quantitative estimate of drug-likeness (QED) is 0.274. The predicted octanol–water partition coefficient (Wildman–Crippen LogP) is 0.743. The van der Waals surface area contributed by atoms with Gasteiger partial charge in [0.05, 0.1) is 0 Å². The summed E-state index contributed by atoms with van der Waals surface area (Å²) < 4.78 is 0. The van der Waals surface area contributed by atoms with Crippen molar-refractivity contribution in [1.82, 2.24) is 0 Å². The number of hydrogen-bond donors (Lipinski definition) is 4. The standard InChI is InChI=1S/C13H18N4O3/c1-7(2)10(11(14)17-20)13(19)16-9-5-3-8(4-6-9)12(15)18/h3-7,10,20H,1-2H3,(H2,14,17)(H2,15,18)(H,16,19). The normalized spacial score (nSPS) is 13.1. The van der Waals surface area contributed by atoms with Gasteiger partial charge >= 0.3 is 0 Å². The van der Waals surface area contributed by atoms with Crippen LogP contribution in [0, 0.1) is 11.8 Å². The first-order chi connectivity index (χ1) is 9.36. The molecule has 0 bridgehead atoms. The van der Waals surface area contributed by atoms with E-state index in [9.17, 15) is 9.59 Å². The number of amides is 2. The lowest BCUT2D eigenvalue weighted by molar-refractivity contribution is -0.119. The van der Waals surface area contributed by atoms with Gasteiger partial charge in [-0.2, -0.15) is 0 Å². The van der Waals surface area contributed by atoms with E-state index in [1.54, 1.807) is 26.0 Å². The SMILES string of the molecule is CC(C)C(C(=O)Nc1ccc(C(N)=O)cc1)C(N)=NO. The summed E-state index contributed by atoms with van der Waals surface area (Å²) in [5.74, 6) is -1.94. The number of primary amides is 1. The largest absolute Gasteiger partial charge is 0.409 e. The lowest BCUT2D eigenvalue weighted by Crippen LogP contribution is -2.38. The van der Waals surface area contributed by atoms with Crippen LogP contribution in [0.15, 0.2) is 29.4 Å². The monoisotopic (exact) mass is 278 g/mol. The second kappa shape index (κ2) is 6.55. The molecule has 0 fully saturated rings. The summed E-state index contributed by atoms with van der Waals surface area (Å²) in [5, 5.41) is 14.2. The van der Waals surface area contributed by atoms with Crippen LogP contribution in [0.4, 0.5) is 5.69 Å². The average Bonchev–Trinajstić information content (AvgIpc) is 2.38. The zero-order chi connectivity index (χ0) is 15.3. The van der Waals surface area contributed by atoms with E-state index in [0.29, 0.717) is 11.3 Å². The molecule has 0 aliphatic rings. The molecule has 0 aliphatic carbocycles. The molecule has 1 aromatic rings. The Hall–Kier alpha value is -2.57. The molecule has 0 spiro atoms. The lowest BCUT2D eigenvalue weighted by atomic mass is 9.93. The van der Waals surface area contributed by atoms with Crippen molar-refractivity contribution in [3.63, 3.8) is 0 Å². The number of anilines is 1. The number of oxime groups is 1. The van der Waals surface area contributed by atoms with Crippen LogP contribution >= 0.6 is 0 Å². The number of nitrogens with zero attached hydrogens (tertiary/aromatic N) is 1. The van der Waals surface area contributed by atoms with Crippen LogP contribution < -0.4 is 16.8 Å². The highest BCUT2D eigenvalue weighted by Gasteiger charge is 2.26. The highest BCUT2D eigenvalue weighted by molar-refractivity contribution is 6.08. The van der Waals surface area contributed by atoms with Gasteiger partial charge in [0.2, 0.25) is 11.8 Å². The first-order valence-corrected chi connectivity index (χ1v) is 6.05. The van der Waals surface area contributed by atoms with Crippen molar-refractivity contribution in [1.29, 1.82) is 0 Å². The fourth-order valence-corrected chi connectivity index (χ4v) is 1.78. The van der Waals surface area contributed by atoms with Crippen LogP contribution in [-0.4, -0.2) is 22.9 Å². The minimum Gasteiger partial charge on any atom is -0.409 e. The fraction of sp³-hybridized carbons (Fsp3) is 0.308. The van der Waals surface area contributed by atoms with Crippen LogP contribution in [-0.2, 0) is 4.79 Å². The molecule has 0 heterocycles. The summed E-state index contributed by atoms with van der Waals surface area (Å²) in [4.78, 5) is 23.0. The summed E-state index contributed by atoms with van der Waals surface area (Å²) in [7, 11) is 0. The number of carbonyl (C=O) groups is 2. The number of amidine groups is 1. The van der Waals surface area contributed by atoms with E-state index in [2.05, 4.69) is 10.5 Å². The number of carbonyl (C=O) groups excluding carboxylic acids is 2. The van der Waals surface area contributed by atoms with Gasteiger partial charge in [0.1, 0.15) is 5.92 Å². The molecular weight excluding hydrogens is 260 g/mol. The summed E-state index contributed by atoms with van der Waals surface area (Å²) in [6.45, 7) is 3.58. The van der Waals surface area contributed by atoms with Gasteiger partial charge in [0.25, 0.3) is 0 Å². The van der Waals surface area contributed by atoms with Gasteiger partial charge in [0, 0.05) is 11.3 Å². The molecule has 7 nitrogen and oxygen atoms in total. The molecule has 1 atom stereocenters. The molecule has 0 aliphatic heterocycles. The minimum atomic E-state index is -0.740. The Morgan fingerprint density at radius 2 is 1.75 bits per heavy atom. The Balaban J connectivity index is 2.86. The van der Waals surface area contributed by atoms with E-state index in [0.717, 1.165) is 0 Å². The van der Waals surface area contributed by atoms with Gasteiger partial charge in [0.15, 0.2) is 5.84 Å². The average molecular weight is 278 g/mol. The van der Waals surface area contributed by atoms with E-state index in [4.69, 9.17) is 16.7 Å². The topological polar surface area (TPSA) is 131 Å². The summed E-state index contributed by atoms with van der Waals surface area (Å²) in [6.07, 6.45) is 0. The molecule has 0 radical (unpaired) electrons. The van der Waals surface area contributed by atoms with E-state index in [1.165, 1.54) is 12.1 Å². The first-order valence-electron chi connectivity index (χ1n) is 6.05. The zero-order valence-corrected chi connectivity index (χ0v) is 11.3. The molecule has 0 saturated heterocycles. The Bertz CT molecular complexity index is 523. The van der Waals surface area contributed by atoms with E-state index < -0.39 is 11.8 Å². The molecule has 1 unspecified atom stereocenters. The minimum absolute atomic E-state index is 0.129. The molecule has 0 aromatic heterocycles. The molecule has 1 rings (SSSR count). The third kappa shape index (κ3) is 3.71. The second-order valence-corrected chi connectivity index (χ2v) is 4.68. The molecule has 6 N–H and O–H groups in total. The van der Waals surface area contributed by atoms with Gasteiger partial charge in [-0.15, -0.1) is 0 Å². The number of benzene rings is 1. The van der Waals surface area contributed by atoms with E-state index >= 15 is 0 Å². The van der Waals surface area contributed by atoms with Crippen LogP contribution in [0.2, 0.25) is 0 Å². The molecule has 1 aromatic carbocycles. The third-order valence-electron chi connectivity index (χ3n) is 2.82. The van der Waals surface area contributed by atoms with Crippen molar-refractivity contribution in [3.05, 3.63) is 29.8 Å². The number of hydrogen-bond acceptors (Lipinski definition) is 4. The Kier molecular flexibility index (Phi) is 5.08. The highest BCUT2D eigenvalue weighted by Crippen LogP contribution is 2.16. The van der Waals surface area contributed by atoms with Gasteiger partial charge in [-0.3, -0.25) is 9.59 Å². The lowest BCUT2D eigenvalue weighted by Gasteiger charge is -2.18. The summed E-state index contributed by atoms with van der Waals surface area (Å²) in [6, 6.07) is 6.13. The highest BCUT2D eigenvalue weighted by atomic mass is 16.4. The number of nitrogens with two attached hydrogens (primary N) is 2. The van der Waals surface area contributed by atoms with Gasteiger partial charge in [-0.05, 0) is 30.2 Å². The maximum Gasteiger partial charge on any atom is 0.248 e. The molecule has 108 valence electrons. The van der Waals surface area contributed by atoms with Crippen molar-refractivity contribution in [2.75, 3.05) is 5.32 Å². The maximum absolute atomic E-state index is 12.1. The predicted molar refractivity (Wildman–Crippen MR) is 75.3 cm³/mol. The van der Waals surface area contributed by atoms with Crippen LogP contribution in [0.1, 0.15) is 24.2 Å². The van der Waals surface area contributed by atoms with E-state index in [1.807, 2.05) is 0 Å². The number of rotatable bonds is 5. The van der Waals surface area contributed by atoms with Crippen molar-refractivity contribution in [2.24, 2.45) is 28.5 Å². The fourth-order valence-electron chi connectivity index (χ4n) is 1.78.